The molecule has 1 aromatic rings. The van der Waals surface area contributed by atoms with Gasteiger partial charge in [0.25, 0.3) is 0 Å². The fourth-order valence-corrected chi connectivity index (χ4v) is 0.866. The monoisotopic (exact) mass is 172 g/mol. The highest BCUT2D eigenvalue weighted by atomic mass is 32.1. The second kappa shape index (κ2) is 2.87. The number of aromatic nitrogens is 2. The van der Waals surface area contributed by atoms with Crippen LogP contribution in [0.4, 0.5) is 0 Å². The number of hydrogen-bond donors (Lipinski definition) is 1. The first-order chi connectivity index (χ1) is 5.15. The Morgan fingerprint density at radius 3 is 2.82 bits per heavy atom. The normalized spacial score (nSPS) is 9.64. The smallest absolute Gasteiger partial charge is 0.356 e. The lowest BCUT2D eigenvalue weighted by atomic mass is 10.4. The van der Waals surface area contributed by atoms with E-state index in [1.807, 2.05) is 0 Å². The average Bonchev–Trinajstić information content (AvgIpc) is 2.31. The van der Waals surface area contributed by atoms with Crippen molar-refractivity contribution in [2.45, 2.75) is 0 Å². The number of nitrogens with zero attached hydrogens (tertiary/aromatic N) is 1. The molecule has 0 saturated heterocycles. The Morgan fingerprint density at radius 1 is 1.82 bits per heavy atom. The summed E-state index contributed by atoms with van der Waals surface area (Å²) >= 11 is 4.87. The van der Waals surface area contributed by atoms with Crippen LogP contribution in [-0.2, 0) is 11.8 Å². The molecule has 0 spiro atoms. The summed E-state index contributed by atoms with van der Waals surface area (Å²) in [5, 5.41) is 2.73. The Bertz CT molecular complexity index is 326. The number of carbonyl (C=O) groups excluding carboxylic acids is 1. The average molecular weight is 172 g/mol. The van der Waals surface area contributed by atoms with Crippen LogP contribution in [0.5, 0.6) is 0 Å². The van der Waals surface area contributed by atoms with Gasteiger partial charge in [-0.05, 0) is 0 Å². The minimum absolute atomic E-state index is 0.375. The number of aromatic amines is 1. The Hall–Kier alpha value is -1.10. The van der Waals surface area contributed by atoms with Gasteiger partial charge < -0.3 is 4.74 Å². The summed E-state index contributed by atoms with van der Waals surface area (Å²) in [4.78, 5) is 10.9. The summed E-state index contributed by atoms with van der Waals surface area (Å²) in [6, 6.07) is 1.56. The summed E-state index contributed by atoms with van der Waals surface area (Å²) in [5.74, 6) is -0.406. The SMILES string of the molecule is COC(=O)c1cc(=S)n(C)[nH]1. The van der Waals surface area contributed by atoms with Crippen LogP contribution in [0.1, 0.15) is 10.5 Å². The number of methoxy groups -OCH3 is 1. The van der Waals surface area contributed by atoms with Gasteiger partial charge in [0.2, 0.25) is 0 Å². The molecule has 0 aromatic carbocycles. The first-order valence-electron chi connectivity index (χ1n) is 2.99. The van der Waals surface area contributed by atoms with Crippen molar-refractivity contribution in [1.82, 2.24) is 9.78 Å². The van der Waals surface area contributed by atoms with Crippen molar-refractivity contribution in [3.63, 3.8) is 0 Å². The molecule has 4 nitrogen and oxygen atoms in total. The first kappa shape index (κ1) is 8.00. The Morgan fingerprint density at radius 2 is 2.45 bits per heavy atom. The molecule has 1 N–H and O–H groups in total. The molecule has 0 aliphatic carbocycles. The van der Waals surface area contributed by atoms with E-state index in [0.29, 0.717) is 10.3 Å². The van der Waals surface area contributed by atoms with Crippen LogP contribution in [0.25, 0.3) is 0 Å². The van der Waals surface area contributed by atoms with E-state index in [4.69, 9.17) is 12.2 Å². The molecule has 1 rings (SSSR count). The molecular weight excluding hydrogens is 164 g/mol. The Labute approximate surface area is 68.8 Å². The van der Waals surface area contributed by atoms with Gasteiger partial charge in [-0.1, -0.05) is 12.2 Å². The van der Waals surface area contributed by atoms with Crippen LogP contribution >= 0.6 is 12.2 Å². The Balaban J connectivity index is 3.07. The number of aryl methyl sites for hydroxylation is 1. The van der Waals surface area contributed by atoms with Gasteiger partial charge in [-0.25, -0.2) is 4.79 Å². The fraction of sp³-hybridized carbons (Fsp3) is 0.333. The molecule has 5 heteroatoms. The topological polar surface area (TPSA) is 47.0 Å². The number of H-pyrrole nitrogens is 1. The van der Waals surface area contributed by atoms with Gasteiger partial charge in [-0.3, -0.25) is 9.78 Å². The standard InChI is InChI=1S/C6H8N2O2S/c1-8-5(11)3-4(7-8)6(9)10-2/h3,7H,1-2H3. The van der Waals surface area contributed by atoms with E-state index < -0.39 is 5.97 Å². The van der Waals surface area contributed by atoms with E-state index in [2.05, 4.69) is 9.84 Å². The maximum Gasteiger partial charge on any atom is 0.356 e. The molecule has 0 amide bonds. The third-order valence-electron chi connectivity index (χ3n) is 1.29. The molecule has 11 heavy (non-hydrogen) atoms. The molecule has 1 aromatic heterocycles. The third-order valence-corrected chi connectivity index (χ3v) is 1.68. The molecule has 60 valence electrons. The van der Waals surface area contributed by atoms with Crippen molar-refractivity contribution in [2.24, 2.45) is 7.05 Å². The van der Waals surface area contributed by atoms with Gasteiger partial charge in [0.1, 0.15) is 10.3 Å². The van der Waals surface area contributed by atoms with E-state index in [1.165, 1.54) is 7.11 Å². The van der Waals surface area contributed by atoms with Crippen molar-refractivity contribution < 1.29 is 9.53 Å². The van der Waals surface area contributed by atoms with Crippen LogP contribution in [0.15, 0.2) is 6.07 Å². The molecule has 0 unspecified atom stereocenters. The lowest BCUT2D eigenvalue weighted by Gasteiger charge is -1.92. The van der Waals surface area contributed by atoms with Crippen LogP contribution in [0, 0.1) is 4.64 Å². The lowest BCUT2D eigenvalue weighted by molar-refractivity contribution is 0.0593. The van der Waals surface area contributed by atoms with E-state index in [-0.39, 0.29) is 0 Å². The maximum atomic E-state index is 10.9. The van der Waals surface area contributed by atoms with Gasteiger partial charge >= 0.3 is 5.97 Å². The van der Waals surface area contributed by atoms with Crippen molar-refractivity contribution >= 4 is 18.2 Å². The predicted octanol–water partition coefficient (Wildman–Crippen LogP) is 0.869. The lowest BCUT2D eigenvalue weighted by Crippen LogP contribution is -2.02. The summed E-state index contributed by atoms with van der Waals surface area (Å²) in [6.07, 6.45) is 0. The highest BCUT2D eigenvalue weighted by Crippen LogP contribution is 1.98. The van der Waals surface area contributed by atoms with Gasteiger partial charge in [0.15, 0.2) is 0 Å². The first-order valence-corrected chi connectivity index (χ1v) is 3.40. The number of hydrogen-bond acceptors (Lipinski definition) is 3. The molecule has 0 fully saturated rings. The van der Waals surface area contributed by atoms with Crippen molar-refractivity contribution in [2.75, 3.05) is 7.11 Å². The second-order valence-electron chi connectivity index (χ2n) is 2.06. The number of ether oxygens (including phenoxy) is 1. The predicted molar refractivity (Wildman–Crippen MR) is 41.9 cm³/mol. The highest BCUT2D eigenvalue weighted by molar-refractivity contribution is 7.71. The van der Waals surface area contributed by atoms with Gasteiger partial charge in [-0.15, -0.1) is 0 Å². The summed E-state index contributed by atoms with van der Waals surface area (Å²) in [7, 11) is 3.06. The van der Waals surface area contributed by atoms with Crippen LogP contribution in [0.2, 0.25) is 0 Å². The number of nitrogens with one attached hydrogen (secondary N) is 1. The third kappa shape index (κ3) is 1.48. The number of esters is 1. The van der Waals surface area contributed by atoms with Crippen LogP contribution < -0.4 is 0 Å². The molecule has 0 atom stereocenters. The largest absolute Gasteiger partial charge is 0.464 e. The van der Waals surface area contributed by atoms with Gasteiger partial charge in [0.05, 0.1) is 7.11 Å². The van der Waals surface area contributed by atoms with E-state index in [0.717, 1.165) is 0 Å². The van der Waals surface area contributed by atoms with Crippen molar-refractivity contribution in [3.05, 3.63) is 16.4 Å². The summed E-state index contributed by atoms with van der Waals surface area (Å²) < 4.78 is 6.62. The minimum Gasteiger partial charge on any atom is -0.464 e. The van der Waals surface area contributed by atoms with Gasteiger partial charge in [-0.2, -0.15) is 0 Å². The zero-order chi connectivity index (χ0) is 8.43. The molecule has 0 radical (unpaired) electrons. The summed E-state index contributed by atoms with van der Waals surface area (Å²) in [6.45, 7) is 0. The molecule has 0 aliphatic heterocycles. The minimum atomic E-state index is -0.406. The van der Waals surface area contributed by atoms with Crippen LogP contribution in [0.3, 0.4) is 0 Å². The zero-order valence-corrected chi connectivity index (χ0v) is 7.07. The van der Waals surface area contributed by atoms with Gasteiger partial charge in [0, 0.05) is 13.1 Å². The van der Waals surface area contributed by atoms with E-state index >= 15 is 0 Å². The molecule has 1 heterocycles. The number of rotatable bonds is 1. The van der Waals surface area contributed by atoms with Crippen LogP contribution in [-0.4, -0.2) is 22.9 Å². The molecule has 0 bridgehead atoms. The summed E-state index contributed by atoms with van der Waals surface area (Å²) in [5.41, 5.74) is 0.375. The maximum absolute atomic E-state index is 10.9. The molecular formula is C6H8N2O2S. The van der Waals surface area contributed by atoms with Crippen molar-refractivity contribution in [1.29, 1.82) is 0 Å². The Kier molecular flexibility index (Phi) is 2.09. The number of carbonyl (C=O) groups is 1. The fourth-order valence-electron chi connectivity index (χ4n) is 0.703. The zero-order valence-electron chi connectivity index (χ0n) is 6.25. The van der Waals surface area contributed by atoms with E-state index in [1.54, 1.807) is 17.8 Å². The molecule has 0 saturated carbocycles. The molecule has 0 aliphatic rings. The highest BCUT2D eigenvalue weighted by Gasteiger charge is 2.06. The van der Waals surface area contributed by atoms with Crippen molar-refractivity contribution in [3.8, 4) is 0 Å². The quantitative estimate of drug-likeness (QED) is 0.505. The van der Waals surface area contributed by atoms with E-state index in [9.17, 15) is 4.79 Å². The second-order valence-corrected chi connectivity index (χ2v) is 2.48.